The quantitative estimate of drug-likeness (QED) is 0.785. The van der Waals surface area contributed by atoms with E-state index in [2.05, 4.69) is 56.5 Å². The Morgan fingerprint density at radius 2 is 1.56 bits per heavy atom. The van der Waals surface area contributed by atoms with E-state index in [0.29, 0.717) is 0 Å². The van der Waals surface area contributed by atoms with Gasteiger partial charge in [-0.05, 0) is 17.7 Å². The zero-order valence-corrected chi connectivity index (χ0v) is 15.7. The molecule has 1 aliphatic heterocycles. The van der Waals surface area contributed by atoms with E-state index in [0.717, 1.165) is 58.1 Å². The minimum atomic E-state index is 0.856. The average Bonchev–Trinajstić information content (AvgIpc) is 2.70. The molecule has 4 nitrogen and oxygen atoms in total. The first-order chi connectivity index (χ1) is 12.4. The molecule has 1 aliphatic rings. The van der Waals surface area contributed by atoms with Crippen LogP contribution in [0.1, 0.15) is 25.1 Å². The summed E-state index contributed by atoms with van der Waals surface area (Å²) in [6.45, 7) is 12.7. The number of benzene rings is 1. The Hall–Kier alpha value is -1.75. The van der Waals surface area contributed by atoms with Crippen molar-refractivity contribution in [2.75, 3.05) is 39.3 Å². The molecular formula is C21H32N4. The molecule has 3 rings (SSSR count). The smallest absolute Gasteiger partial charge is 0.0541 e. The topological polar surface area (TPSA) is 31.4 Å². The van der Waals surface area contributed by atoms with Gasteiger partial charge in [-0.2, -0.15) is 0 Å². The minimum absolute atomic E-state index is 0.856. The zero-order chi connectivity index (χ0) is 17.7. The number of piperazine rings is 1. The van der Waals surface area contributed by atoms with E-state index in [1.54, 1.807) is 0 Å². The molecule has 136 valence electrons. The molecule has 0 unspecified atom stereocenters. The third-order valence-corrected chi connectivity index (χ3v) is 4.35. The average molecular weight is 341 g/mol. The van der Waals surface area contributed by atoms with Crippen LogP contribution in [0.15, 0.2) is 54.7 Å². The van der Waals surface area contributed by atoms with Crippen LogP contribution in [0.4, 0.5) is 0 Å². The van der Waals surface area contributed by atoms with Crippen molar-refractivity contribution in [1.82, 2.24) is 20.1 Å². The molecule has 4 heteroatoms. The van der Waals surface area contributed by atoms with Crippen LogP contribution < -0.4 is 5.32 Å². The number of rotatable bonds is 7. The second-order valence-electron chi connectivity index (χ2n) is 6.10. The summed E-state index contributed by atoms with van der Waals surface area (Å²) in [5.74, 6) is 0. The van der Waals surface area contributed by atoms with Gasteiger partial charge in [0.2, 0.25) is 0 Å². The Balaban J connectivity index is 0.00000109. The number of aromatic nitrogens is 1. The SMILES string of the molecule is CC.c1ccc(CN2CCN(CCNCc3ccccn3)CC2)cc1. The fourth-order valence-electron chi connectivity index (χ4n) is 2.97. The predicted molar refractivity (Wildman–Crippen MR) is 105 cm³/mol. The van der Waals surface area contributed by atoms with E-state index in [4.69, 9.17) is 0 Å². The number of pyridine rings is 1. The first kappa shape index (κ1) is 19.6. The van der Waals surface area contributed by atoms with Crippen molar-refractivity contribution in [3.05, 3.63) is 66.0 Å². The molecule has 0 spiro atoms. The molecule has 1 aromatic heterocycles. The van der Waals surface area contributed by atoms with Gasteiger partial charge in [-0.15, -0.1) is 0 Å². The molecule has 0 atom stereocenters. The van der Waals surface area contributed by atoms with Gasteiger partial charge >= 0.3 is 0 Å². The molecule has 2 heterocycles. The fraction of sp³-hybridized carbons (Fsp3) is 0.476. The summed E-state index contributed by atoms with van der Waals surface area (Å²) in [7, 11) is 0. The van der Waals surface area contributed by atoms with Gasteiger partial charge in [-0.3, -0.25) is 14.8 Å². The van der Waals surface area contributed by atoms with Crippen LogP contribution in [0.25, 0.3) is 0 Å². The fourth-order valence-corrected chi connectivity index (χ4v) is 2.97. The lowest BCUT2D eigenvalue weighted by Gasteiger charge is -2.34. The third-order valence-electron chi connectivity index (χ3n) is 4.35. The summed E-state index contributed by atoms with van der Waals surface area (Å²) in [6, 6.07) is 16.8. The van der Waals surface area contributed by atoms with E-state index in [-0.39, 0.29) is 0 Å². The van der Waals surface area contributed by atoms with E-state index >= 15 is 0 Å². The van der Waals surface area contributed by atoms with Crippen LogP contribution in [0.3, 0.4) is 0 Å². The lowest BCUT2D eigenvalue weighted by Crippen LogP contribution is -2.47. The van der Waals surface area contributed by atoms with Gasteiger partial charge in [-0.1, -0.05) is 50.2 Å². The molecule has 0 amide bonds. The highest BCUT2D eigenvalue weighted by Gasteiger charge is 2.16. The lowest BCUT2D eigenvalue weighted by atomic mass is 10.2. The molecule has 25 heavy (non-hydrogen) atoms. The predicted octanol–water partition coefficient (Wildman–Crippen LogP) is 3.02. The third kappa shape index (κ3) is 7.34. The summed E-state index contributed by atoms with van der Waals surface area (Å²) >= 11 is 0. The Bertz CT molecular complexity index is 548. The molecule has 0 saturated carbocycles. The van der Waals surface area contributed by atoms with Gasteiger partial charge in [0.15, 0.2) is 0 Å². The number of nitrogens with one attached hydrogen (secondary N) is 1. The Morgan fingerprint density at radius 1 is 0.880 bits per heavy atom. The van der Waals surface area contributed by atoms with Crippen LogP contribution in [0.2, 0.25) is 0 Å². The number of hydrogen-bond acceptors (Lipinski definition) is 4. The molecule has 0 bridgehead atoms. The van der Waals surface area contributed by atoms with Crippen LogP contribution >= 0.6 is 0 Å². The lowest BCUT2D eigenvalue weighted by molar-refractivity contribution is 0.127. The van der Waals surface area contributed by atoms with Gasteiger partial charge in [0.25, 0.3) is 0 Å². The highest BCUT2D eigenvalue weighted by Crippen LogP contribution is 2.08. The Morgan fingerprint density at radius 3 is 2.24 bits per heavy atom. The highest BCUT2D eigenvalue weighted by molar-refractivity contribution is 5.14. The maximum Gasteiger partial charge on any atom is 0.0541 e. The van der Waals surface area contributed by atoms with Gasteiger partial charge < -0.3 is 5.32 Å². The van der Waals surface area contributed by atoms with E-state index in [1.807, 2.05) is 32.2 Å². The number of hydrogen-bond donors (Lipinski definition) is 1. The highest BCUT2D eigenvalue weighted by atomic mass is 15.3. The van der Waals surface area contributed by atoms with E-state index in [1.165, 1.54) is 5.56 Å². The van der Waals surface area contributed by atoms with Crippen molar-refractivity contribution in [3.8, 4) is 0 Å². The van der Waals surface area contributed by atoms with Crippen LogP contribution in [0, 0.1) is 0 Å². The van der Waals surface area contributed by atoms with Crippen molar-refractivity contribution in [2.45, 2.75) is 26.9 Å². The molecule has 0 aliphatic carbocycles. The van der Waals surface area contributed by atoms with Gasteiger partial charge in [0, 0.05) is 58.6 Å². The Kier molecular flexibility index (Phi) is 9.19. The first-order valence-electron chi connectivity index (χ1n) is 9.49. The van der Waals surface area contributed by atoms with Crippen LogP contribution in [0.5, 0.6) is 0 Å². The minimum Gasteiger partial charge on any atom is -0.310 e. The maximum absolute atomic E-state index is 4.33. The molecule has 1 fully saturated rings. The van der Waals surface area contributed by atoms with Crippen molar-refractivity contribution >= 4 is 0 Å². The molecule has 1 N–H and O–H groups in total. The zero-order valence-electron chi connectivity index (χ0n) is 15.7. The van der Waals surface area contributed by atoms with Crippen LogP contribution in [-0.2, 0) is 13.1 Å². The van der Waals surface area contributed by atoms with E-state index < -0.39 is 0 Å². The van der Waals surface area contributed by atoms with Crippen molar-refractivity contribution in [2.24, 2.45) is 0 Å². The molecule has 1 aromatic carbocycles. The monoisotopic (exact) mass is 340 g/mol. The van der Waals surface area contributed by atoms with Crippen LogP contribution in [-0.4, -0.2) is 54.1 Å². The summed E-state index contributed by atoms with van der Waals surface area (Å²) in [6.07, 6.45) is 1.85. The van der Waals surface area contributed by atoms with Crippen molar-refractivity contribution in [3.63, 3.8) is 0 Å². The van der Waals surface area contributed by atoms with Crippen molar-refractivity contribution in [1.29, 1.82) is 0 Å². The Labute approximate surface area is 152 Å². The summed E-state index contributed by atoms with van der Waals surface area (Å²) in [5, 5.41) is 3.48. The van der Waals surface area contributed by atoms with Gasteiger partial charge in [0.05, 0.1) is 5.69 Å². The standard InChI is InChI=1S/C19H26N4.C2H6/c1-2-6-18(7-3-1)17-23-14-12-22(13-15-23)11-10-20-16-19-8-4-5-9-21-19;1-2/h1-9,20H,10-17H2;1-2H3. The van der Waals surface area contributed by atoms with Gasteiger partial charge in [-0.25, -0.2) is 0 Å². The van der Waals surface area contributed by atoms with Crippen molar-refractivity contribution < 1.29 is 0 Å². The summed E-state index contributed by atoms with van der Waals surface area (Å²) < 4.78 is 0. The summed E-state index contributed by atoms with van der Waals surface area (Å²) in [4.78, 5) is 9.43. The second-order valence-corrected chi connectivity index (χ2v) is 6.10. The molecular weight excluding hydrogens is 308 g/mol. The number of nitrogens with zero attached hydrogens (tertiary/aromatic N) is 3. The van der Waals surface area contributed by atoms with Gasteiger partial charge in [0.1, 0.15) is 0 Å². The maximum atomic E-state index is 4.33. The summed E-state index contributed by atoms with van der Waals surface area (Å²) in [5.41, 5.74) is 2.53. The molecule has 1 saturated heterocycles. The normalized spacial score (nSPS) is 15.4. The molecule has 0 radical (unpaired) electrons. The largest absolute Gasteiger partial charge is 0.310 e. The molecule has 2 aromatic rings. The second kappa shape index (κ2) is 11.7. The van der Waals surface area contributed by atoms with E-state index in [9.17, 15) is 0 Å². The first-order valence-corrected chi connectivity index (χ1v) is 9.49.